The van der Waals surface area contributed by atoms with Crippen molar-refractivity contribution in [2.24, 2.45) is 0 Å². The monoisotopic (exact) mass is 392 g/mol. The summed E-state index contributed by atoms with van der Waals surface area (Å²) in [6.07, 6.45) is 2.97. The molecule has 4 atom stereocenters. The summed E-state index contributed by atoms with van der Waals surface area (Å²) in [5.41, 5.74) is 1.04. The summed E-state index contributed by atoms with van der Waals surface area (Å²) < 4.78 is 0. The molecule has 0 aromatic heterocycles. The van der Waals surface area contributed by atoms with Crippen LogP contribution in [0.25, 0.3) is 0 Å². The predicted molar refractivity (Wildman–Crippen MR) is 101 cm³/mol. The van der Waals surface area contributed by atoms with Crippen LogP contribution in [-0.4, -0.2) is 62.2 Å². The van der Waals surface area contributed by atoms with Crippen molar-refractivity contribution in [3.05, 3.63) is 35.9 Å². The van der Waals surface area contributed by atoms with Crippen LogP contribution in [-0.2, 0) is 20.8 Å². The molecule has 2 saturated heterocycles. The van der Waals surface area contributed by atoms with Crippen LogP contribution in [0.3, 0.4) is 0 Å². The van der Waals surface area contributed by atoms with Crippen molar-refractivity contribution in [3.8, 4) is 0 Å². The van der Waals surface area contributed by atoms with Gasteiger partial charge in [-0.2, -0.15) is 0 Å². The van der Waals surface area contributed by atoms with E-state index in [1.54, 1.807) is 0 Å². The lowest BCUT2D eigenvalue weighted by Crippen LogP contribution is -2.55. The molecule has 1 aromatic carbocycles. The average molecular weight is 392 g/mol. The van der Waals surface area contributed by atoms with Gasteiger partial charge in [0.25, 0.3) is 0 Å². The molecule has 1 aromatic rings. The number of carbonyl (C=O) groups is 3. The first kappa shape index (κ1) is 19.7. The Morgan fingerprint density at radius 1 is 1.22 bits per heavy atom. The van der Waals surface area contributed by atoms with Gasteiger partial charge in [0.1, 0.15) is 12.1 Å². The van der Waals surface area contributed by atoms with Crippen molar-refractivity contribution in [2.45, 2.75) is 55.6 Å². The number of hydrogen-bond acceptors (Lipinski definition) is 5. The molecular formula is C19H24N2O5S. The number of carboxylic acid groups (broad SMARTS) is 2. The Morgan fingerprint density at radius 3 is 2.63 bits per heavy atom. The molecule has 2 heterocycles. The summed E-state index contributed by atoms with van der Waals surface area (Å²) in [7, 11) is 0. The minimum absolute atomic E-state index is 0.127. The van der Waals surface area contributed by atoms with Crippen LogP contribution < -0.4 is 5.32 Å². The van der Waals surface area contributed by atoms with E-state index in [1.807, 2.05) is 30.3 Å². The molecule has 146 valence electrons. The molecule has 0 aliphatic carbocycles. The van der Waals surface area contributed by atoms with Gasteiger partial charge in [-0.05, 0) is 37.7 Å². The maximum absolute atomic E-state index is 13.0. The second-order valence-corrected chi connectivity index (χ2v) is 8.16. The molecule has 2 aliphatic heterocycles. The Balaban J connectivity index is 1.68. The SMILES string of the molecule is O=C(O)[C@H](CCc1ccccc1)NC1CCC[C@H]2SC[C@@H](C(=O)O)N2C1=O. The van der Waals surface area contributed by atoms with Crippen molar-refractivity contribution in [1.29, 1.82) is 0 Å². The van der Waals surface area contributed by atoms with Crippen LogP contribution in [0.4, 0.5) is 0 Å². The van der Waals surface area contributed by atoms with Crippen molar-refractivity contribution < 1.29 is 24.6 Å². The molecule has 3 rings (SSSR count). The quantitative estimate of drug-likeness (QED) is 0.646. The lowest BCUT2D eigenvalue weighted by molar-refractivity contribution is -0.150. The normalized spacial score (nSPS) is 26.3. The lowest BCUT2D eigenvalue weighted by atomic mass is 10.0. The Kier molecular flexibility index (Phi) is 6.38. The highest BCUT2D eigenvalue weighted by Gasteiger charge is 2.45. The Morgan fingerprint density at radius 2 is 1.96 bits per heavy atom. The zero-order chi connectivity index (χ0) is 19.4. The number of aryl methyl sites for hydroxylation is 1. The largest absolute Gasteiger partial charge is 0.480 e. The van der Waals surface area contributed by atoms with E-state index in [-0.39, 0.29) is 11.3 Å². The molecule has 1 amide bonds. The molecule has 7 nitrogen and oxygen atoms in total. The fraction of sp³-hybridized carbons (Fsp3) is 0.526. The smallest absolute Gasteiger partial charge is 0.327 e. The number of nitrogens with one attached hydrogen (secondary N) is 1. The van der Waals surface area contributed by atoms with Gasteiger partial charge >= 0.3 is 11.9 Å². The predicted octanol–water partition coefficient (Wildman–Crippen LogP) is 1.57. The van der Waals surface area contributed by atoms with Gasteiger partial charge in [0, 0.05) is 5.75 Å². The number of benzene rings is 1. The van der Waals surface area contributed by atoms with Gasteiger partial charge in [-0.15, -0.1) is 11.8 Å². The summed E-state index contributed by atoms with van der Waals surface area (Å²) in [5.74, 6) is -1.90. The number of thioether (sulfide) groups is 1. The molecule has 0 saturated carbocycles. The molecule has 0 bridgehead atoms. The summed E-state index contributed by atoms with van der Waals surface area (Å²) >= 11 is 1.49. The van der Waals surface area contributed by atoms with Gasteiger partial charge in [-0.1, -0.05) is 30.3 Å². The molecule has 27 heavy (non-hydrogen) atoms. The van der Waals surface area contributed by atoms with E-state index >= 15 is 0 Å². The first-order valence-electron chi connectivity index (χ1n) is 9.16. The van der Waals surface area contributed by atoms with Gasteiger partial charge in [0.2, 0.25) is 5.91 Å². The number of carbonyl (C=O) groups excluding carboxylic acids is 1. The maximum Gasteiger partial charge on any atom is 0.327 e. The molecule has 3 N–H and O–H groups in total. The number of aliphatic carboxylic acids is 2. The van der Waals surface area contributed by atoms with Crippen LogP contribution in [0.15, 0.2) is 30.3 Å². The molecule has 8 heteroatoms. The highest BCUT2D eigenvalue weighted by Crippen LogP contribution is 2.35. The average Bonchev–Trinajstić information content (AvgIpc) is 3.01. The zero-order valence-electron chi connectivity index (χ0n) is 14.9. The Hall–Kier alpha value is -2.06. The Labute approximate surface area is 162 Å². The van der Waals surface area contributed by atoms with Crippen LogP contribution in [0, 0.1) is 0 Å². The van der Waals surface area contributed by atoms with Gasteiger partial charge in [-0.25, -0.2) is 4.79 Å². The van der Waals surface area contributed by atoms with Crippen molar-refractivity contribution in [3.63, 3.8) is 0 Å². The lowest BCUT2D eigenvalue weighted by Gasteiger charge is -2.29. The topological polar surface area (TPSA) is 107 Å². The minimum atomic E-state index is -1.00. The first-order chi connectivity index (χ1) is 13.0. The van der Waals surface area contributed by atoms with E-state index in [9.17, 15) is 24.6 Å². The van der Waals surface area contributed by atoms with Gasteiger partial charge in [-0.3, -0.25) is 14.9 Å². The van der Waals surface area contributed by atoms with Crippen molar-refractivity contribution in [1.82, 2.24) is 10.2 Å². The van der Waals surface area contributed by atoms with E-state index in [2.05, 4.69) is 5.32 Å². The number of fused-ring (bicyclic) bond motifs is 1. The van der Waals surface area contributed by atoms with E-state index < -0.39 is 30.1 Å². The highest BCUT2D eigenvalue weighted by atomic mass is 32.2. The third-order valence-corrected chi connectivity index (χ3v) is 6.49. The number of hydrogen-bond donors (Lipinski definition) is 3. The van der Waals surface area contributed by atoms with Crippen LogP contribution in [0.2, 0.25) is 0 Å². The summed E-state index contributed by atoms with van der Waals surface area (Å²) in [5, 5.41) is 21.9. The molecule has 2 aliphatic rings. The van der Waals surface area contributed by atoms with E-state index in [0.717, 1.165) is 18.4 Å². The van der Waals surface area contributed by atoms with Crippen LogP contribution in [0.5, 0.6) is 0 Å². The van der Waals surface area contributed by atoms with E-state index in [0.29, 0.717) is 25.0 Å². The number of rotatable bonds is 7. The van der Waals surface area contributed by atoms with Crippen molar-refractivity contribution >= 4 is 29.6 Å². The third-order valence-electron chi connectivity index (χ3n) is 5.14. The van der Waals surface area contributed by atoms with Crippen LogP contribution in [0.1, 0.15) is 31.2 Å². The fourth-order valence-electron chi connectivity index (χ4n) is 3.70. The highest BCUT2D eigenvalue weighted by molar-refractivity contribution is 8.00. The minimum Gasteiger partial charge on any atom is -0.480 e. The molecule has 0 spiro atoms. The van der Waals surface area contributed by atoms with Gasteiger partial charge < -0.3 is 15.1 Å². The fourth-order valence-corrected chi connectivity index (χ4v) is 5.16. The number of carboxylic acids is 2. The summed E-state index contributed by atoms with van der Waals surface area (Å²) in [6.45, 7) is 0. The molecule has 2 fully saturated rings. The Bertz CT molecular complexity index is 699. The third kappa shape index (κ3) is 4.62. The summed E-state index contributed by atoms with van der Waals surface area (Å²) in [6, 6.07) is 7.27. The first-order valence-corrected chi connectivity index (χ1v) is 10.2. The van der Waals surface area contributed by atoms with Gasteiger partial charge in [0.15, 0.2) is 0 Å². The maximum atomic E-state index is 13.0. The second kappa shape index (κ2) is 8.75. The standard InChI is InChI=1S/C19H24N2O5S/c22-17-13(7-4-8-16-21(17)15(11-27-16)19(25)26)20-14(18(23)24)10-9-12-5-2-1-3-6-12/h1-3,5-6,13-16,20H,4,7-11H2,(H,23,24)(H,25,26)/t13?,14-,15-,16+/m0/s1. The second-order valence-electron chi connectivity index (χ2n) is 6.95. The van der Waals surface area contributed by atoms with Crippen molar-refractivity contribution in [2.75, 3.05) is 5.75 Å². The summed E-state index contributed by atoms with van der Waals surface area (Å²) in [4.78, 5) is 37.6. The van der Waals surface area contributed by atoms with E-state index in [1.165, 1.54) is 16.7 Å². The molecule has 0 radical (unpaired) electrons. The van der Waals surface area contributed by atoms with Gasteiger partial charge in [0.05, 0.1) is 11.4 Å². The number of amides is 1. The number of nitrogens with zero attached hydrogens (tertiary/aromatic N) is 1. The molecule has 1 unspecified atom stereocenters. The van der Waals surface area contributed by atoms with Crippen LogP contribution >= 0.6 is 11.8 Å². The molecular weight excluding hydrogens is 368 g/mol. The van der Waals surface area contributed by atoms with E-state index in [4.69, 9.17) is 0 Å². The zero-order valence-corrected chi connectivity index (χ0v) is 15.7.